The molecule has 8 heteroatoms. The van der Waals surface area contributed by atoms with Crippen molar-refractivity contribution in [1.82, 2.24) is 14.4 Å². The van der Waals surface area contributed by atoms with Crippen LogP contribution in [0.3, 0.4) is 0 Å². The Kier molecular flexibility index (Phi) is 10.8. The first-order valence-electron chi connectivity index (χ1n) is 13.5. The highest BCUT2D eigenvalue weighted by molar-refractivity contribution is 5.93. The van der Waals surface area contributed by atoms with Crippen molar-refractivity contribution >= 4 is 17.6 Å². The zero-order chi connectivity index (χ0) is 28.4. The molecule has 0 bridgehead atoms. The Morgan fingerprint density at radius 2 is 1.74 bits per heavy atom. The van der Waals surface area contributed by atoms with Gasteiger partial charge >= 0.3 is 6.03 Å². The predicted molar refractivity (Wildman–Crippen MR) is 155 cm³/mol. The second kappa shape index (κ2) is 14.3. The van der Waals surface area contributed by atoms with Gasteiger partial charge in [-0.25, -0.2) is 4.79 Å². The average Bonchev–Trinajstić information content (AvgIpc) is 3.37. The molecular formula is C31H42N4O4. The molecule has 0 fully saturated rings. The number of rotatable bonds is 13. The van der Waals surface area contributed by atoms with Gasteiger partial charge in [0.1, 0.15) is 18.0 Å². The third-order valence-corrected chi connectivity index (χ3v) is 6.73. The molecule has 3 amide bonds. The standard InChI is InChI=1S/C31H42N4O4/c1-7-24(4)35(21-26-13-11-17-33(26)20-25-12-10-14-27(18-25)38-5)30(36)22-34(19-23(2)3)31(37)32-28-15-8-9-16-29(28)39-6/h8-18,23-24H,7,19-22H2,1-6H3,(H,32,37). The molecule has 0 aliphatic rings. The van der Waals surface area contributed by atoms with E-state index in [1.54, 1.807) is 31.3 Å². The van der Waals surface area contributed by atoms with Crippen molar-refractivity contribution in [3.8, 4) is 11.5 Å². The van der Waals surface area contributed by atoms with Crippen LogP contribution in [0.1, 0.15) is 45.4 Å². The summed E-state index contributed by atoms with van der Waals surface area (Å²) in [6, 6.07) is 19.0. The summed E-state index contributed by atoms with van der Waals surface area (Å²) >= 11 is 0. The van der Waals surface area contributed by atoms with Crippen molar-refractivity contribution in [1.29, 1.82) is 0 Å². The van der Waals surface area contributed by atoms with Crippen molar-refractivity contribution in [2.75, 3.05) is 32.6 Å². The largest absolute Gasteiger partial charge is 0.497 e. The molecule has 8 nitrogen and oxygen atoms in total. The fourth-order valence-electron chi connectivity index (χ4n) is 4.46. The molecular weight excluding hydrogens is 492 g/mol. The van der Waals surface area contributed by atoms with E-state index in [4.69, 9.17) is 9.47 Å². The summed E-state index contributed by atoms with van der Waals surface area (Å²) in [5, 5.41) is 2.92. The fourth-order valence-corrected chi connectivity index (χ4v) is 4.46. The normalized spacial score (nSPS) is 11.7. The lowest BCUT2D eigenvalue weighted by Gasteiger charge is -2.32. The third-order valence-electron chi connectivity index (χ3n) is 6.73. The number of carbonyl (C=O) groups is 2. The van der Waals surface area contributed by atoms with Gasteiger partial charge in [0.05, 0.1) is 26.5 Å². The summed E-state index contributed by atoms with van der Waals surface area (Å²) < 4.78 is 12.9. The number of ether oxygens (including phenoxy) is 2. The Morgan fingerprint density at radius 1 is 0.974 bits per heavy atom. The Morgan fingerprint density at radius 3 is 2.44 bits per heavy atom. The first-order valence-corrected chi connectivity index (χ1v) is 13.5. The fraction of sp³-hybridized carbons (Fsp3) is 0.419. The van der Waals surface area contributed by atoms with Crippen molar-refractivity contribution in [2.45, 2.75) is 53.2 Å². The quantitative estimate of drug-likeness (QED) is 0.298. The highest BCUT2D eigenvalue weighted by Crippen LogP contribution is 2.24. The van der Waals surface area contributed by atoms with E-state index in [0.29, 0.717) is 31.1 Å². The van der Waals surface area contributed by atoms with Gasteiger partial charge in [-0.3, -0.25) is 4.79 Å². The molecule has 1 N–H and O–H groups in total. The monoisotopic (exact) mass is 534 g/mol. The van der Waals surface area contributed by atoms with Crippen LogP contribution < -0.4 is 14.8 Å². The second-order valence-electron chi connectivity index (χ2n) is 10.2. The zero-order valence-electron chi connectivity index (χ0n) is 24.0. The number of amides is 3. The topological polar surface area (TPSA) is 76.0 Å². The SMILES string of the molecule is CCC(C)N(Cc1cccn1Cc1cccc(OC)c1)C(=O)CN(CC(C)C)C(=O)Nc1ccccc1OC. The number of benzene rings is 2. The van der Waals surface area contributed by atoms with Gasteiger partial charge in [0.25, 0.3) is 0 Å². The number of urea groups is 1. The number of methoxy groups -OCH3 is 2. The predicted octanol–water partition coefficient (Wildman–Crippen LogP) is 5.87. The van der Waals surface area contributed by atoms with Crippen LogP contribution in [0.2, 0.25) is 0 Å². The van der Waals surface area contributed by atoms with E-state index in [2.05, 4.69) is 29.8 Å². The zero-order valence-corrected chi connectivity index (χ0v) is 24.0. The average molecular weight is 535 g/mol. The summed E-state index contributed by atoms with van der Waals surface area (Å²) in [6.07, 6.45) is 2.83. The molecule has 2 aromatic carbocycles. The van der Waals surface area contributed by atoms with Gasteiger partial charge < -0.3 is 29.2 Å². The molecule has 0 spiro atoms. The number of nitrogens with zero attached hydrogens (tertiary/aromatic N) is 3. The van der Waals surface area contributed by atoms with Crippen molar-refractivity contribution in [3.63, 3.8) is 0 Å². The minimum atomic E-state index is -0.327. The van der Waals surface area contributed by atoms with Crippen molar-refractivity contribution < 1.29 is 19.1 Å². The molecule has 0 aliphatic carbocycles. The Bertz CT molecular complexity index is 1220. The molecule has 1 heterocycles. The molecule has 0 radical (unpaired) electrons. The van der Waals surface area contributed by atoms with Gasteiger partial charge in [-0.1, -0.05) is 45.0 Å². The van der Waals surface area contributed by atoms with Gasteiger partial charge in [0, 0.05) is 31.0 Å². The number of anilines is 1. The van der Waals surface area contributed by atoms with Crippen LogP contribution in [-0.4, -0.2) is 59.7 Å². The summed E-state index contributed by atoms with van der Waals surface area (Å²) in [5.41, 5.74) is 2.71. The highest BCUT2D eigenvalue weighted by atomic mass is 16.5. The lowest BCUT2D eigenvalue weighted by Crippen LogP contribution is -2.48. The maximum Gasteiger partial charge on any atom is 0.322 e. The van der Waals surface area contributed by atoms with E-state index >= 15 is 0 Å². The third kappa shape index (κ3) is 8.27. The van der Waals surface area contributed by atoms with E-state index in [-0.39, 0.29) is 30.4 Å². The lowest BCUT2D eigenvalue weighted by molar-refractivity contribution is -0.134. The number of carbonyl (C=O) groups excluding carboxylic acids is 2. The molecule has 0 saturated carbocycles. The van der Waals surface area contributed by atoms with E-state index < -0.39 is 0 Å². The molecule has 39 heavy (non-hydrogen) atoms. The Hall–Kier alpha value is -3.94. The highest BCUT2D eigenvalue weighted by Gasteiger charge is 2.26. The molecule has 1 atom stereocenters. The van der Waals surface area contributed by atoms with Crippen LogP contribution in [0.5, 0.6) is 11.5 Å². The number of para-hydroxylation sites is 2. The maximum atomic E-state index is 13.7. The summed E-state index contributed by atoms with van der Waals surface area (Å²) in [4.78, 5) is 30.5. The van der Waals surface area contributed by atoms with E-state index in [9.17, 15) is 9.59 Å². The molecule has 0 saturated heterocycles. The van der Waals surface area contributed by atoms with Crippen LogP contribution in [0.15, 0.2) is 66.9 Å². The first-order chi connectivity index (χ1) is 18.7. The Labute approximate surface area is 232 Å². The van der Waals surface area contributed by atoms with Crippen LogP contribution >= 0.6 is 0 Å². The van der Waals surface area contributed by atoms with Gasteiger partial charge in [-0.15, -0.1) is 0 Å². The van der Waals surface area contributed by atoms with Crippen LogP contribution in [0.25, 0.3) is 0 Å². The Balaban J connectivity index is 1.78. The van der Waals surface area contributed by atoms with Gasteiger partial charge in [0.2, 0.25) is 5.91 Å². The summed E-state index contributed by atoms with van der Waals surface area (Å²) in [5.74, 6) is 1.49. The molecule has 3 rings (SSSR count). The minimum absolute atomic E-state index is 0.0100. The molecule has 0 aliphatic heterocycles. The first kappa shape index (κ1) is 29.6. The van der Waals surface area contributed by atoms with Crippen molar-refractivity contribution in [3.05, 3.63) is 78.1 Å². The molecule has 210 valence electrons. The van der Waals surface area contributed by atoms with Crippen LogP contribution in [0, 0.1) is 5.92 Å². The number of aromatic nitrogens is 1. The lowest BCUT2D eigenvalue weighted by atomic mass is 10.1. The summed E-state index contributed by atoms with van der Waals surface area (Å²) in [6.45, 7) is 9.75. The minimum Gasteiger partial charge on any atom is -0.497 e. The van der Waals surface area contributed by atoms with Gasteiger partial charge in [-0.05, 0) is 61.2 Å². The van der Waals surface area contributed by atoms with E-state index in [1.807, 2.05) is 67.4 Å². The van der Waals surface area contributed by atoms with Crippen LogP contribution in [-0.2, 0) is 17.9 Å². The van der Waals surface area contributed by atoms with Gasteiger partial charge in [0.15, 0.2) is 0 Å². The number of nitrogens with one attached hydrogen (secondary N) is 1. The molecule has 1 unspecified atom stereocenters. The second-order valence-corrected chi connectivity index (χ2v) is 10.2. The number of hydrogen-bond acceptors (Lipinski definition) is 4. The van der Waals surface area contributed by atoms with Crippen LogP contribution in [0.4, 0.5) is 10.5 Å². The van der Waals surface area contributed by atoms with E-state index in [0.717, 1.165) is 23.4 Å². The smallest absolute Gasteiger partial charge is 0.322 e. The van der Waals surface area contributed by atoms with E-state index in [1.165, 1.54) is 0 Å². The maximum absolute atomic E-state index is 13.7. The van der Waals surface area contributed by atoms with Crippen molar-refractivity contribution in [2.24, 2.45) is 5.92 Å². The van der Waals surface area contributed by atoms with Gasteiger partial charge in [-0.2, -0.15) is 0 Å². The summed E-state index contributed by atoms with van der Waals surface area (Å²) in [7, 11) is 3.23. The molecule has 3 aromatic rings. The molecule has 1 aromatic heterocycles. The number of hydrogen-bond donors (Lipinski definition) is 1.